The van der Waals surface area contributed by atoms with Crippen molar-refractivity contribution in [3.05, 3.63) is 63.1 Å². The molecule has 34 heavy (non-hydrogen) atoms. The molecule has 9 heteroatoms. The Morgan fingerprint density at radius 3 is 2.74 bits per heavy atom. The molecule has 0 unspecified atom stereocenters. The Kier molecular flexibility index (Phi) is 6.90. The number of rotatable bonds is 4. The number of halogens is 2. The Morgan fingerprint density at radius 1 is 1.29 bits per heavy atom. The molecule has 0 spiro atoms. The molecule has 1 saturated heterocycles. The van der Waals surface area contributed by atoms with Crippen molar-refractivity contribution in [2.45, 2.75) is 57.7 Å². The molecule has 2 aromatic carbocycles. The van der Waals surface area contributed by atoms with E-state index in [4.69, 9.17) is 38.7 Å². The molecule has 1 fully saturated rings. The van der Waals surface area contributed by atoms with Crippen molar-refractivity contribution < 1.29 is 14.3 Å². The summed E-state index contributed by atoms with van der Waals surface area (Å²) in [4.78, 5) is 32.4. The van der Waals surface area contributed by atoms with Crippen LogP contribution < -0.4 is 11.1 Å². The van der Waals surface area contributed by atoms with Crippen molar-refractivity contribution in [3.63, 3.8) is 0 Å². The van der Waals surface area contributed by atoms with Crippen LogP contribution in [0.15, 0.2) is 41.4 Å². The zero-order valence-electron chi connectivity index (χ0n) is 19.4. The number of anilines is 1. The van der Waals surface area contributed by atoms with Crippen LogP contribution in [0, 0.1) is 6.92 Å². The smallest absolute Gasteiger partial charge is 0.255 e. The fourth-order valence-electron chi connectivity index (χ4n) is 4.71. The van der Waals surface area contributed by atoms with E-state index in [2.05, 4.69) is 5.32 Å². The molecule has 2 amide bonds. The van der Waals surface area contributed by atoms with Crippen LogP contribution in [0.3, 0.4) is 0 Å². The highest BCUT2D eigenvalue weighted by atomic mass is 35.5. The van der Waals surface area contributed by atoms with Crippen molar-refractivity contribution >= 4 is 46.7 Å². The largest absolute Gasteiger partial charge is 0.378 e. The van der Waals surface area contributed by atoms with Crippen LogP contribution in [0.5, 0.6) is 0 Å². The van der Waals surface area contributed by atoms with E-state index in [0.717, 1.165) is 5.56 Å². The molecular formula is C25H28Cl2N4O3. The number of benzene rings is 2. The van der Waals surface area contributed by atoms with Crippen LogP contribution in [0.2, 0.25) is 10.0 Å². The van der Waals surface area contributed by atoms with Crippen molar-refractivity contribution in [1.82, 2.24) is 4.90 Å². The van der Waals surface area contributed by atoms with Crippen molar-refractivity contribution in [2.24, 2.45) is 10.7 Å². The molecule has 3 N–H and O–H groups in total. The molecule has 180 valence electrons. The monoisotopic (exact) mass is 502 g/mol. The zero-order valence-corrected chi connectivity index (χ0v) is 20.9. The molecule has 0 radical (unpaired) electrons. The molecule has 2 heterocycles. The summed E-state index contributed by atoms with van der Waals surface area (Å²) >= 11 is 12.8. The summed E-state index contributed by atoms with van der Waals surface area (Å²) in [5, 5.41) is 3.64. The molecule has 3 atom stereocenters. The molecule has 0 aliphatic carbocycles. The lowest BCUT2D eigenvalue weighted by Gasteiger charge is -2.41. The zero-order chi connectivity index (χ0) is 24.6. The summed E-state index contributed by atoms with van der Waals surface area (Å²) in [5.41, 5.74) is 7.70. The summed E-state index contributed by atoms with van der Waals surface area (Å²) in [6.45, 7) is 6.26. The fourth-order valence-corrected chi connectivity index (χ4v) is 5.38. The van der Waals surface area contributed by atoms with Gasteiger partial charge in [0.1, 0.15) is 0 Å². The summed E-state index contributed by atoms with van der Waals surface area (Å²) in [7, 11) is 0. The SMILES string of the molecule is Cc1cc(Cl)cc(C(=O)Nc2cccc([C@]3(C)CC(=O)N([C@@H]4CCO[C@H](C)C4)C(N)=N3)c2Cl)c1. The number of amides is 2. The van der Waals surface area contributed by atoms with Gasteiger partial charge in [-0.15, -0.1) is 0 Å². The number of guanidine groups is 1. The molecule has 7 nitrogen and oxygen atoms in total. The third-order valence-electron chi connectivity index (χ3n) is 6.33. The normalized spacial score (nSPS) is 25.1. The van der Waals surface area contributed by atoms with Gasteiger partial charge in [0.2, 0.25) is 5.91 Å². The van der Waals surface area contributed by atoms with E-state index >= 15 is 0 Å². The van der Waals surface area contributed by atoms with Gasteiger partial charge in [0.05, 0.1) is 28.8 Å². The minimum Gasteiger partial charge on any atom is -0.378 e. The van der Waals surface area contributed by atoms with Gasteiger partial charge >= 0.3 is 0 Å². The summed E-state index contributed by atoms with van der Waals surface area (Å²) < 4.78 is 5.61. The predicted molar refractivity (Wildman–Crippen MR) is 134 cm³/mol. The van der Waals surface area contributed by atoms with E-state index in [0.29, 0.717) is 46.3 Å². The number of hydrogen-bond acceptors (Lipinski definition) is 5. The van der Waals surface area contributed by atoms with Gasteiger partial charge in [-0.05, 0) is 63.4 Å². The molecule has 4 rings (SSSR count). The summed E-state index contributed by atoms with van der Waals surface area (Å²) in [5.74, 6) is -0.260. The molecule has 2 aliphatic heterocycles. The standard InChI is InChI=1S/C25H28Cl2N4O3/c1-14-9-16(12-17(26)10-14)23(33)29-20-6-4-5-19(22(20)27)25(3)13-21(32)31(24(28)30-25)18-7-8-34-15(2)11-18/h4-6,9-10,12,15,18H,7-8,11,13H2,1-3H3,(H2,28,30)(H,29,33)/t15-,18-,25+/m1/s1. The maximum absolute atomic E-state index is 13.2. The van der Waals surface area contributed by atoms with Gasteiger partial charge in [0.25, 0.3) is 5.91 Å². The third kappa shape index (κ3) is 4.92. The van der Waals surface area contributed by atoms with E-state index in [1.807, 2.05) is 20.8 Å². The minimum atomic E-state index is -0.959. The average Bonchev–Trinajstić information content (AvgIpc) is 2.74. The first-order valence-electron chi connectivity index (χ1n) is 11.2. The van der Waals surface area contributed by atoms with E-state index in [1.54, 1.807) is 41.3 Å². The second-order valence-electron chi connectivity index (χ2n) is 9.18. The number of nitrogens with one attached hydrogen (secondary N) is 1. The van der Waals surface area contributed by atoms with Gasteiger partial charge in [-0.2, -0.15) is 0 Å². The topological polar surface area (TPSA) is 97.0 Å². The highest BCUT2D eigenvalue weighted by Crippen LogP contribution is 2.41. The third-order valence-corrected chi connectivity index (χ3v) is 6.95. The van der Waals surface area contributed by atoms with Gasteiger partial charge in [-0.25, -0.2) is 4.99 Å². The summed E-state index contributed by atoms with van der Waals surface area (Å²) in [6, 6.07) is 10.4. The van der Waals surface area contributed by atoms with Crippen LogP contribution in [0.25, 0.3) is 0 Å². The van der Waals surface area contributed by atoms with Crippen LogP contribution in [0.1, 0.15) is 54.6 Å². The lowest BCUT2D eigenvalue weighted by Crippen LogP contribution is -2.56. The number of aliphatic imine (C=N–C) groups is 1. The highest BCUT2D eigenvalue weighted by Gasteiger charge is 2.42. The van der Waals surface area contributed by atoms with Crippen molar-refractivity contribution in [2.75, 3.05) is 11.9 Å². The first-order valence-corrected chi connectivity index (χ1v) is 12.0. The van der Waals surface area contributed by atoms with E-state index in [1.165, 1.54) is 0 Å². The lowest BCUT2D eigenvalue weighted by atomic mass is 9.86. The van der Waals surface area contributed by atoms with Gasteiger partial charge in [-0.3, -0.25) is 14.5 Å². The fraction of sp³-hybridized carbons (Fsp3) is 0.400. The maximum Gasteiger partial charge on any atom is 0.255 e. The molecule has 0 saturated carbocycles. The van der Waals surface area contributed by atoms with Gasteiger partial charge < -0.3 is 15.8 Å². The van der Waals surface area contributed by atoms with Gasteiger partial charge in [-0.1, -0.05) is 35.3 Å². The van der Waals surface area contributed by atoms with E-state index in [-0.39, 0.29) is 36.3 Å². The quantitative estimate of drug-likeness (QED) is 0.621. The average molecular weight is 503 g/mol. The number of nitrogens with zero attached hydrogens (tertiary/aromatic N) is 2. The van der Waals surface area contributed by atoms with Crippen LogP contribution in [-0.4, -0.2) is 41.4 Å². The van der Waals surface area contributed by atoms with E-state index in [9.17, 15) is 9.59 Å². The minimum absolute atomic E-state index is 0.0354. The van der Waals surface area contributed by atoms with Crippen LogP contribution in [-0.2, 0) is 15.1 Å². The van der Waals surface area contributed by atoms with Crippen molar-refractivity contribution in [3.8, 4) is 0 Å². The molecule has 0 aromatic heterocycles. The second kappa shape index (κ2) is 9.56. The van der Waals surface area contributed by atoms with Crippen LogP contribution >= 0.6 is 23.2 Å². The molecular weight excluding hydrogens is 475 g/mol. The van der Waals surface area contributed by atoms with E-state index < -0.39 is 5.54 Å². The van der Waals surface area contributed by atoms with Gasteiger partial charge in [0, 0.05) is 28.8 Å². The number of carbonyl (C=O) groups is 2. The van der Waals surface area contributed by atoms with Gasteiger partial charge in [0.15, 0.2) is 5.96 Å². The lowest BCUT2D eigenvalue weighted by molar-refractivity contribution is -0.133. The number of carbonyl (C=O) groups excluding carboxylic acids is 2. The van der Waals surface area contributed by atoms with Crippen LogP contribution in [0.4, 0.5) is 5.69 Å². The molecule has 0 bridgehead atoms. The number of ether oxygens (including phenoxy) is 1. The highest BCUT2D eigenvalue weighted by molar-refractivity contribution is 6.35. The Labute approximate surface area is 209 Å². The first kappa shape index (κ1) is 24.5. The Balaban J connectivity index is 1.61. The molecule has 2 aromatic rings. The first-order chi connectivity index (χ1) is 16.1. The predicted octanol–water partition coefficient (Wildman–Crippen LogP) is 4.88. The Bertz CT molecular complexity index is 1150. The Morgan fingerprint density at radius 2 is 2.06 bits per heavy atom. The number of hydrogen-bond donors (Lipinski definition) is 2. The Hall–Kier alpha value is -2.61. The summed E-state index contributed by atoms with van der Waals surface area (Å²) in [6.07, 6.45) is 1.60. The van der Waals surface area contributed by atoms with Crippen molar-refractivity contribution in [1.29, 1.82) is 0 Å². The number of aryl methyl sites for hydroxylation is 1. The second-order valence-corrected chi connectivity index (χ2v) is 10.00. The molecule has 2 aliphatic rings. The maximum atomic E-state index is 13.2. The number of nitrogens with two attached hydrogens (primary N) is 1.